The molecule has 2 aromatic heterocycles. The first-order chi connectivity index (χ1) is 17.1. The molecule has 5 rings (SSSR count). The van der Waals surface area contributed by atoms with Gasteiger partial charge in [-0.25, -0.2) is 8.78 Å². The van der Waals surface area contributed by atoms with E-state index >= 15 is 4.39 Å². The summed E-state index contributed by atoms with van der Waals surface area (Å²) in [5, 5.41) is 4.55. The van der Waals surface area contributed by atoms with Crippen LogP contribution in [0.25, 0.3) is 33.6 Å². The molecule has 184 valence electrons. The first-order valence-corrected chi connectivity index (χ1v) is 11.2. The number of hydrogen-bond acceptors (Lipinski definition) is 2. The fourth-order valence-electron chi connectivity index (χ4n) is 4.67. The van der Waals surface area contributed by atoms with E-state index in [0.29, 0.717) is 28.9 Å². The Morgan fingerprint density at radius 1 is 1.03 bits per heavy atom. The molecule has 0 atom stereocenters. The number of aryl methyl sites for hydroxylation is 1. The van der Waals surface area contributed by atoms with Crippen LogP contribution in [0.4, 0.5) is 22.0 Å². The van der Waals surface area contributed by atoms with Crippen molar-refractivity contribution in [3.63, 3.8) is 0 Å². The fraction of sp³-hybridized carbons (Fsp3) is 0.185. The molecule has 2 aromatic carbocycles. The number of aromatic nitrogens is 3. The maximum Gasteiger partial charge on any atom is 0.416 e. The van der Waals surface area contributed by atoms with E-state index in [9.17, 15) is 22.4 Å². The second kappa shape index (κ2) is 8.58. The molecule has 0 bridgehead atoms. The van der Waals surface area contributed by atoms with Gasteiger partial charge in [0, 0.05) is 24.2 Å². The van der Waals surface area contributed by atoms with Crippen LogP contribution >= 0.6 is 0 Å². The smallest absolute Gasteiger partial charge is 0.328 e. The van der Waals surface area contributed by atoms with Crippen LogP contribution in [0.3, 0.4) is 0 Å². The second-order valence-corrected chi connectivity index (χ2v) is 8.65. The van der Waals surface area contributed by atoms with Crippen LogP contribution in [0.2, 0.25) is 0 Å². The lowest BCUT2D eigenvalue weighted by Crippen LogP contribution is -2.22. The van der Waals surface area contributed by atoms with Crippen LogP contribution in [0.15, 0.2) is 65.5 Å². The maximum atomic E-state index is 15.1. The lowest BCUT2D eigenvalue weighted by molar-refractivity contribution is -0.137. The minimum Gasteiger partial charge on any atom is -0.328 e. The first-order valence-electron chi connectivity index (χ1n) is 11.2. The van der Waals surface area contributed by atoms with Crippen LogP contribution in [0.5, 0.6) is 0 Å². The van der Waals surface area contributed by atoms with Gasteiger partial charge >= 0.3 is 6.18 Å². The van der Waals surface area contributed by atoms with Crippen molar-refractivity contribution in [3.05, 3.63) is 99.5 Å². The van der Waals surface area contributed by atoms with Crippen molar-refractivity contribution < 1.29 is 22.0 Å². The molecule has 0 saturated heterocycles. The highest BCUT2D eigenvalue weighted by Crippen LogP contribution is 2.38. The Morgan fingerprint density at radius 3 is 2.36 bits per heavy atom. The van der Waals surface area contributed by atoms with Gasteiger partial charge in [-0.1, -0.05) is 30.4 Å². The minimum atomic E-state index is -4.50. The Kier molecular flexibility index (Phi) is 5.65. The number of hydrogen-bond donors (Lipinski definition) is 0. The Balaban J connectivity index is 1.86. The maximum absolute atomic E-state index is 15.1. The van der Waals surface area contributed by atoms with Crippen LogP contribution in [-0.4, -0.2) is 14.2 Å². The van der Waals surface area contributed by atoms with Crippen molar-refractivity contribution in [2.45, 2.75) is 25.9 Å². The van der Waals surface area contributed by atoms with Gasteiger partial charge in [-0.2, -0.15) is 22.8 Å². The Morgan fingerprint density at radius 2 is 1.75 bits per heavy atom. The normalized spacial score (nSPS) is 13.9. The molecule has 0 radical (unpaired) electrons. The molecular formula is C27H20F5N3O. The highest BCUT2D eigenvalue weighted by molar-refractivity contribution is 5.90. The fourth-order valence-corrected chi connectivity index (χ4v) is 4.67. The number of halogens is 5. The van der Waals surface area contributed by atoms with Gasteiger partial charge in [0.05, 0.1) is 22.5 Å². The highest BCUT2D eigenvalue weighted by atomic mass is 19.4. The molecular weight excluding hydrogens is 477 g/mol. The predicted molar refractivity (Wildman–Crippen MR) is 127 cm³/mol. The van der Waals surface area contributed by atoms with Gasteiger partial charge < -0.3 is 4.57 Å². The van der Waals surface area contributed by atoms with Gasteiger partial charge in [0.1, 0.15) is 17.3 Å². The van der Waals surface area contributed by atoms with Gasteiger partial charge in [0.25, 0.3) is 5.56 Å². The molecule has 0 unspecified atom stereocenters. The van der Waals surface area contributed by atoms with Crippen LogP contribution in [0.1, 0.15) is 29.7 Å². The van der Waals surface area contributed by atoms with Crippen molar-refractivity contribution in [1.82, 2.24) is 14.2 Å². The molecule has 0 saturated carbocycles. The molecule has 0 N–H and O–H groups in total. The Bertz CT molecular complexity index is 1620. The van der Waals surface area contributed by atoms with Gasteiger partial charge in [-0.05, 0) is 55.2 Å². The van der Waals surface area contributed by atoms with E-state index in [0.717, 1.165) is 36.3 Å². The molecule has 1 aliphatic carbocycles. The summed E-state index contributed by atoms with van der Waals surface area (Å²) in [6.07, 6.45) is 2.51. The Labute approximate surface area is 202 Å². The SMILES string of the molecule is Cc1c(-c2ccc(C(F)(F)F)cc2)n(C)c2c(-c3ccc(F)cc3F)c(C3=CC=CCC3)nn2c1=O. The molecule has 0 fully saturated rings. The van der Waals surface area contributed by atoms with Crippen molar-refractivity contribution in [2.24, 2.45) is 7.05 Å². The highest BCUT2D eigenvalue weighted by Gasteiger charge is 2.31. The summed E-state index contributed by atoms with van der Waals surface area (Å²) in [6, 6.07) is 7.68. The molecule has 4 nitrogen and oxygen atoms in total. The minimum absolute atomic E-state index is 0.0640. The molecule has 36 heavy (non-hydrogen) atoms. The third-order valence-electron chi connectivity index (χ3n) is 6.39. The lowest BCUT2D eigenvalue weighted by Gasteiger charge is -2.16. The summed E-state index contributed by atoms with van der Waals surface area (Å²) in [6.45, 7) is 1.57. The zero-order chi connectivity index (χ0) is 25.8. The number of fused-ring (bicyclic) bond motifs is 1. The number of alkyl halides is 3. The summed E-state index contributed by atoms with van der Waals surface area (Å²) < 4.78 is 70.9. The van der Waals surface area contributed by atoms with E-state index in [2.05, 4.69) is 5.10 Å². The third-order valence-corrected chi connectivity index (χ3v) is 6.39. The largest absolute Gasteiger partial charge is 0.416 e. The summed E-state index contributed by atoms with van der Waals surface area (Å²) in [7, 11) is 1.64. The van der Waals surface area contributed by atoms with Crippen LogP contribution in [-0.2, 0) is 13.2 Å². The quantitative estimate of drug-likeness (QED) is 0.295. The van der Waals surface area contributed by atoms with E-state index in [1.54, 1.807) is 18.5 Å². The zero-order valence-electron chi connectivity index (χ0n) is 19.3. The van der Waals surface area contributed by atoms with E-state index in [1.165, 1.54) is 22.7 Å². The van der Waals surface area contributed by atoms with Crippen LogP contribution in [0, 0.1) is 18.6 Å². The molecule has 0 amide bonds. The summed E-state index contributed by atoms with van der Waals surface area (Å²) >= 11 is 0. The second-order valence-electron chi connectivity index (χ2n) is 8.65. The Hall–Kier alpha value is -4.01. The standard InChI is InChI=1S/C27H20F5N3O/c1-15-24(17-8-10-18(11-9-17)27(30,31)32)34(2)25-22(20-13-12-19(28)14-21(20)29)23(33-35(25)26(15)36)16-6-4-3-5-7-16/h3-4,6,8-14H,5,7H2,1-2H3. The molecule has 0 spiro atoms. The van der Waals surface area contributed by atoms with Crippen molar-refractivity contribution in [1.29, 1.82) is 0 Å². The molecule has 4 aromatic rings. The lowest BCUT2D eigenvalue weighted by atomic mass is 9.95. The van der Waals surface area contributed by atoms with E-state index in [-0.39, 0.29) is 16.8 Å². The van der Waals surface area contributed by atoms with Gasteiger partial charge in [0.2, 0.25) is 0 Å². The molecule has 0 aliphatic heterocycles. The summed E-state index contributed by atoms with van der Waals surface area (Å²) in [4.78, 5) is 13.4. The average Bonchev–Trinajstić information content (AvgIpc) is 3.24. The number of benzene rings is 2. The van der Waals surface area contributed by atoms with E-state index in [4.69, 9.17) is 0 Å². The number of nitrogens with zero attached hydrogens (tertiary/aromatic N) is 3. The summed E-state index contributed by atoms with van der Waals surface area (Å²) in [5.74, 6) is -1.56. The monoisotopic (exact) mass is 497 g/mol. The average molecular weight is 497 g/mol. The van der Waals surface area contributed by atoms with E-state index < -0.39 is 28.9 Å². The molecule has 9 heteroatoms. The first kappa shape index (κ1) is 23.7. The predicted octanol–water partition coefficient (Wildman–Crippen LogP) is 6.71. The van der Waals surface area contributed by atoms with E-state index in [1.807, 2.05) is 18.2 Å². The summed E-state index contributed by atoms with van der Waals surface area (Å²) in [5.41, 5.74) is 1.52. The van der Waals surface area contributed by atoms with Crippen molar-refractivity contribution in [2.75, 3.05) is 0 Å². The van der Waals surface area contributed by atoms with Crippen LogP contribution < -0.4 is 5.56 Å². The third kappa shape index (κ3) is 3.84. The zero-order valence-corrected chi connectivity index (χ0v) is 19.3. The molecule has 1 aliphatic rings. The van der Waals surface area contributed by atoms with Crippen molar-refractivity contribution in [3.8, 4) is 22.4 Å². The van der Waals surface area contributed by atoms with Gasteiger partial charge in [-0.15, -0.1) is 0 Å². The topological polar surface area (TPSA) is 39.3 Å². The number of rotatable bonds is 3. The number of allylic oxidation sites excluding steroid dienone is 4. The van der Waals surface area contributed by atoms with Crippen molar-refractivity contribution >= 4 is 11.2 Å². The van der Waals surface area contributed by atoms with Gasteiger partial charge in [0.15, 0.2) is 0 Å². The molecule has 2 heterocycles. The van der Waals surface area contributed by atoms with Gasteiger partial charge in [-0.3, -0.25) is 4.79 Å².